The van der Waals surface area contributed by atoms with E-state index >= 15 is 0 Å². The van der Waals surface area contributed by atoms with Gasteiger partial charge < -0.3 is 10.1 Å². The lowest BCUT2D eigenvalue weighted by molar-refractivity contribution is 0.415. The minimum Gasteiger partial charge on any atom is -0.497 e. The van der Waals surface area contributed by atoms with E-state index < -0.39 is 0 Å². The lowest BCUT2D eigenvalue weighted by Gasteiger charge is -2.23. The molecule has 1 atom stereocenters. The van der Waals surface area contributed by atoms with E-state index in [9.17, 15) is 0 Å². The second kappa shape index (κ2) is 6.01. The van der Waals surface area contributed by atoms with Crippen molar-refractivity contribution in [1.29, 1.82) is 0 Å². The van der Waals surface area contributed by atoms with Crippen molar-refractivity contribution in [2.24, 2.45) is 0 Å². The van der Waals surface area contributed by atoms with Crippen LogP contribution in [0.25, 0.3) is 11.3 Å². The normalized spacial score (nSPS) is 18.8. The van der Waals surface area contributed by atoms with Crippen LogP contribution in [0.1, 0.15) is 24.5 Å². The van der Waals surface area contributed by atoms with Crippen molar-refractivity contribution in [3.05, 3.63) is 42.4 Å². The van der Waals surface area contributed by atoms with Crippen LogP contribution in [-0.4, -0.2) is 30.2 Å². The minimum absolute atomic E-state index is 0.443. The highest BCUT2D eigenvalue weighted by Gasteiger charge is 2.21. The first kappa shape index (κ1) is 13.1. The van der Waals surface area contributed by atoms with Crippen molar-refractivity contribution >= 4 is 0 Å². The van der Waals surface area contributed by atoms with Crippen molar-refractivity contribution in [3.8, 4) is 17.0 Å². The van der Waals surface area contributed by atoms with Gasteiger partial charge in [0, 0.05) is 30.4 Å². The van der Waals surface area contributed by atoms with Crippen LogP contribution in [0.5, 0.6) is 5.75 Å². The number of nitrogens with one attached hydrogen (secondary N) is 1. The van der Waals surface area contributed by atoms with Gasteiger partial charge >= 0.3 is 0 Å². The van der Waals surface area contributed by atoms with Crippen molar-refractivity contribution in [2.75, 3.05) is 20.2 Å². The number of rotatable bonds is 3. The average molecular weight is 269 g/mol. The summed E-state index contributed by atoms with van der Waals surface area (Å²) < 4.78 is 5.30. The molecule has 1 saturated heterocycles. The number of hydrogen-bond acceptors (Lipinski definition) is 4. The standard InChI is InChI=1S/C16H19N3O/c1-20-14-6-2-4-12(10-14)15-16(19-9-8-18-15)13-5-3-7-17-11-13/h2,4,6,8-10,13,17H,3,5,7,11H2,1H3/t13-/m1/s1. The first-order valence-electron chi connectivity index (χ1n) is 7.04. The van der Waals surface area contributed by atoms with Crippen LogP contribution in [-0.2, 0) is 0 Å². The Hall–Kier alpha value is -1.94. The van der Waals surface area contributed by atoms with E-state index in [4.69, 9.17) is 4.74 Å². The fourth-order valence-corrected chi connectivity index (χ4v) is 2.73. The predicted molar refractivity (Wildman–Crippen MR) is 78.9 cm³/mol. The summed E-state index contributed by atoms with van der Waals surface area (Å²) in [6, 6.07) is 8.02. The number of methoxy groups -OCH3 is 1. The molecule has 0 unspecified atom stereocenters. The highest BCUT2D eigenvalue weighted by atomic mass is 16.5. The molecule has 1 aromatic heterocycles. The Kier molecular flexibility index (Phi) is 3.92. The lowest BCUT2D eigenvalue weighted by Crippen LogP contribution is -2.29. The van der Waals surface area contributed by atoms with Gasteiger partial charge in [-0.2, -0.15) is 0 Å². The molecule has 0 spiro atoms. The molecule has 1 aromatic carbocycles. The summed E-state index contributed by atoms with van der Waals surface area (Å²) in [5, 5.41) is 3.44. The topological polar surface area (TPSA) is 47.0 Å². The predicted octanol–water partition coefficient (Wildman–Crippen LogP) is 2.62. The number of ether oxygens (including phenoxy) is 1. The monoisotopic (exact) mass is 269 g/mol. The fourth-order valence-electron chi connectivity index (χ4n) is 2.73. The Labute approximate surface area is 119 Å². The van der Waals surface area contributed by atoms with E-state index in [2.05, 4.69) is 21.4 Å². The molecule has 2 aromatic rings. The van der Waals surface area contributed by atoms with Crippen LogP contribution in [0.2, 0.25) is 0 Å². The molecule has 20 heavy (non-hydrogen) atoms. The minimum atomic E-state index is 0.443. The number of hydrogen-bond donors (Lipinski definition) is 1. The molecule has 0 aliphatic carbocycles. The summed E-state index contributed by atoms with van der Waals surface area (Å²) in [6.07, 6.45) is 5.91. The van der Waals surface area contributed by atoms with Gasteiger partial charge in [-0.3, -0.25) is 9.97 Å². The zero-order valence-electron chi connectivity index (χ0n) is 11.7. The number of aromatic nitrogens is 2. The van der Waals surface area contributed by atoms with Gasteiger partial charge in [0.2, 0.25) is 0 Å². The quantitative estimate of drug-likeness (QED) is 0.930. The van der Waals surface area contributed by atoms with Crippen LogP contribution in [0.15, 0.2) is 36.7 Å². The average Bonchev–Trinajstić information content (AvgIpc) is 2.56. The van der Waals surface area contributed by atoms with Gasteiger partial charge in [-0.15, -0.1) is 0 Å². The molecule has 4 nitrogen and oxygen atoms in total. The Morgan fingerprint density at radius 3 is 2.95 bits per heavy atom. The molecule has 0 bridgehead atoms. The summed E-state index contributed by atoms with van der Waals surface area (Å²) in [5.41, 5.74) is 3.13. The number of benzene rings is 1. The Morgan fingerprint density at radius 1 is 1.25 bits per heavy atom. The Bertz CT molecular complexity index is 579. The van der Waals surface area contributed by atoms with Crippen molar-refractivity contribution < 1.29 is 4.74 Å². The Balaban J connectivity index is 1.99. The molecule has 104 valence electrons. The molecule has 3 rings (SSSR count). The molecule has 1 fully saturated rings. The third-order valence-corrected chi connectivity index (χ3v) is 3.75. The molecule has 4 heteroatoms. The van der Waals surface area contributed by atoms with Crippen molar-refractivity contribution in [1.82, 2.24) is 15.3 Å². The molecule has 0 saturated carbocycles. The maximum absolute atomic E-state index is 5.30. The zero-order valence-corrected chi connectivity index (χ0v) is 11.7. The summed E-state index contributed by atoms with van der Waals surface area (Å²) in [7, 11) is 1.68. The molecule has 1 aliphatic heterocycles. The van der Waals surface area contributed by atoms with Gasteiger partial charge in [-0.25, -0.2) is 0 Å². The second-order valence-corrected chi connectivity index (χ2v) is 5.07. The largest absolute Gasteiger partial charge is 0.497 e. The molecule has 1 N–H and O–H groups in total. The van der Waals surface area contributed by atoms with Crippen LogP contribution in [0, 0.1) is 0 Å². The SMILES string of the molecule is COc1cccc(-c2nccnc2[C@@H]2CCCNC2)c1. The Morgan fingerprint density at radius 2 is 2.15 bits per heavy atom. The third-order valence-electron chi connectivity index (χ3n) is 3.75. The summed E-state index contributed by atoms with van der Waals surface area (Å²) in [4.78, 5) is 9.14. The van der Waals surface area contributed by atoms with Gasteiger partial charge in [0.05, 0.1) is 18.5 Å². The van der Waals surface area contributed by atoms with E-state index in [0.29, 0.717) is 5.92 Å². The van der Waals surface area contributed by atoms with Gasteiger partial charge in [-0.1, -0.05) is 12.1 Å². The molecular weight excluding hydrogens is 250 g/mol. The fraction of sp³-hybridized carbons (Fsp3) is 0.375. The van der Waals surface area contributed by atoms with E-state index in [1.54, 1.807) is 19.5 Å². The van der Waals surface area contributed by atoms with Gasteiger partial charge in [-0.05, 0) is 31.5 Å². The molecule has 1 aliphatic rings. The van der Waals surface area contributed by atoms with Crippen LogP contribution in [0.4, 0.5) is 0 Å². The van der Waals surface area contributed by atoms with Crippen molar-refractivity contribution in [3.63, 3.8) is 0 Å². The van der Waals surface area contributed by atoms with E-state index in [1.807, 2.05) is 18.2 Å². The molecule has 2 heterocycles. The summed E-state index contributed by atoms with van der Waals surface area (Å²) >= 11 is 0. The first-order valence-corrected chi connectivity index (χ1v) is 7.04. The van der Waals surface area contributed by atoms with E-state index in [0.717, 1.165) is 35.8 Å². The highest BCUT2D eigenvalue weighted by molar-refractivity contribution is 5.64. The van der Waals surface area contributed by atoms with Gasteiger partial charge in [0.1, 0.15) is 5.75 Å². The van der Waals surface area contributed by atoms with E-state index in [1.165, 1.54) is 12.8 Å². The molecular formula is C16H19N3O. The van der Waals surface area contributed by atoms with Crippen LogP contribution < -0.4 is 10.1 Å². The smallest absolute Gasteiger partial charge is 0.119 e. The third kappa shape index (κ3) is 2.65. The number of piperidine rings is 1. The maximum Gasteiger partial charge on any atom is 0.119 e. The lowest BCUT2D eigenvalue weighted by atomic mass is 9.92. The van der Waals surface area contributed by atoms with Crippen LogP contribution in [0.3, 0.4) is 0 Å². The second-order valence-electron chi connectivity index (χ2n) is 5.07. The van der Waals surface area contributed by atoms with Crippen LogP contribution >= 0.6 is 0 Å². The highest BCUT2D eigenvalue weighted by Crippen LogP contribution is 2.30. The van der Waals surface area contributed by atoms with E-state index in [-0.39, 0.29) is 0 Å². The van der Waals surface area contributed by atoms with Crippen molar-refractivity contribution in [2.45, 2.75) is 18.8 Å². The molecule has 0 radical (unpaired) electrons. The molecule has 0 amide bonds. The van der Waals surface area contributed by atoms with Gasteiger partial charge in [0.15, 0.2) is 0 Å². The summed E-state index contributed by atoms with van der Waals surface area (Å²) in [5.74, 6) is 1.29. The maximum atomic E-state index is 5.30. The first-order chi connectivity index (χ1) is 9.88. The zero-order chi connectivity index (χ0) is 13.8. The van der Waals surface area contributed by atoms with Gasteiger partial charge in [0.25, 0.3) is 0 Å². The number of nitrogens with zero attached hydrogens (tertiary/aromatic N) is 2. The summed E-state index contributed by atoms with van der Waals surface area (Å²) in [6.45, 7) is 2.08.